The molecule has 5 heteroatoms. The van der Waals surface area contributed by atoms with Crippen molar-refractivity contribution in [1.82, 2.24) is 8.75 Å². The van der Waals surface area contributed by atoms with Crippen molar-refractivity contribution in [3.8, 4) is 0 Å². The van der Waals surface area contributed by atoms with Crippen LogP contribution >= 0.6 is 35.1 Å². The van der Waals surface area contributed by atoms with Crippen molar-refractivity contribution < 1.29 is 0 Å². The Kier molecular flexibility index (Phi) is 3.05. The summed E-state index contributed by atoms with van der Waals surface area (Å²) in [7, 11) is 0. The van der Waals surface area contributed by atoms with Gasteiger partial charge in [-0.2, -0.15) is 8.75 Å². The molecule has 1 heterocycles. The Balaban J connectivity index is 2.28. The van der Waals surface area contributed by atoms with E-state index in [1.165, 1.54) is 10.5 Å². The molecule has 0 saturated carbocycles. The Hall–Kier alpha value is -0.580. The molecule has 0 amide bonds. The standard InChI is InChI=1S/C9H7ClN2S2/c1-6-4-2-3-5-7(6)13-9-8(10)11-14-12-9/h2-5H,1H3. The molecule has 0 saturated heterocycles. The second kappa shape index (κ2) is 4.29. The van der Waals surface area contributed by atoms with Gasteiger partial charge in [-0.1, -0.05) is 41.6 Å². The van der Waals surface area contributed by atoms with Gasteiger partial charge >= 0.3 is 0 Å². The van der Waals surface area contributed by atoms with E-state index < -0.39 is 0 Å². The average molecular weight is 243 g/mol. The first-order valence-electron chi connectivity index (χ1n) is 3.99. The summed E-state index contributed by atoms with van der Waals surface area (Å²) in [5.74, 6) is 0. The monoisotopic (exact) mass is 242 g/mol. The van der Waals surface area contributed by atoms with E-state index in [2.05, 4.69) is 27.8 Å². The Morgan fingerprint density at radius 2 is 2.07 bits per heavy atom. The van der Waals surface area contributed by atoms with Crippen LogP contribution in [0.5, 0.6) is 0 Å². The molecule has 0 fully saturated rings. The second-order valence-corrected chi connectivity index (χ2v) is 4.64. The summed E-state index contributed by atoms with van der Waals surface area (Å²) in [4.78, 5) is 1.17. The Labute approximate surface area is 95.6 Å². The topological polar surface area (TPSA) is 25.8 Å². The van der Waals surface area contributed by atoms with Gasteiger partial charge in [0.1, 0.15) is 0 Å². The van der Waals surface area contributed by atoms with Crippen molar-refractivity contribution in [2.24, 2.45) is 0 Å². The quantitative estimate of drug-likeness (QED) is 0.804. The van der Waals surface area contributed by atoms with E-state index in [9.17, 15) is 0 Å². The zero-order valence-electron chi connectivity index (χ0n) is 7.40. The Bertz CT molecular complexity index is 442. The van der Waals surface area contributed by atoms with Crippen LogP contribution in [0.1, 0.15) is 5.56 Å². The van der Waals surface area contributed by atoms with E-state index in [-0.39, 0.29) is 0 Å². The highest BCUT2D eigenvalue weighted by molar-refractivity contribution is 7.99. The summed E-state index contributed by atoms with van der Waals surface area (Å²) in [6.07, 6.45) is 0. The number of hydrogen-bond donors (Lipinski definition) is 0. The minimum Gasteiger partial charge on any atom is -0.164 e. The molecule has 2 rings (SSSR count). The molecule has 72 valence electrons. The summed E-state index contributed by atoms with van der Waals surface area (Å²) in [5, 5.41) is 1.27. The van der Waals surface area contributed by atoms with Gasteiger partial charge in [0.05, 0.1) is 11.7 Å². The lowest BCUT2D eigenvalue weighted by Gasteiger charge is -2.01. The lowest BCUT2D eigenvalue weighted by atomic mass is 10.2. The highest BCUT2D eigenvalue weighted by atomic mass is 35.5. The maximum absolute atomic E-state index is 5.86. The molecule has 0 aliphatic rings. The van der Waals surface area contributed by atoms with E-state index in [1.807, 2.05) is 12.1 Å². The van der Waals surface area contributed by atoms with Crippen LogP contribution in [-0.4, -0.2) is 8.75 Å². The van der Waals surface area contributed by atoms with Gasteiger partial charge < -0.3 is 0 Å². The largest absolute Gasteiger partial charge is 0.177 e. The summed E-state index contributed by atoms with van der Waals surface area (Å²) in [6, 6.07) is 8.13. The van der Waals surface area contributed by atoms with E-state index in [4.69, 9.17) is 11.6 Å². The number of aryl methyl sites for hydroxylation is 1. The maximum atomic E-state index is 5.86. The molecule has 14 heavy (non-hydrogen) atoms. The van der Waals surface area contributed by atoms with Crippen molar-refractivity contribution in [1.29, 1.82) is 0 Å². The van der Waals surface area contributed by atoms with Gasteiger partial charge in [-0.05, 0) is 18.6 Å². The normalized spacial score (nSPS) is 10.4. The fourth-order valence-electron chi connectivity index (χ4n) is 1.01. The highest BCUT2D eigenvalue weighted by Crippen LogP contribution is 2.33. The van der Waals surface area contributed by atoms with Crippen LogP contribution in [0.2, 0.25) is 5.15 Å². The van der Waals surface area contributed by atoms with E-state index >= 15 is 0 Å². The predicted molar refractivity (Wildman–Crippen MR) is 60.2 cm³/mol. The van der Waals surface area contributed by atoms with E-state index in [0.29, 0.717) is 5.15 Å². The third-order valence-electron chi connectivity index (χ3n) is 1.72. The van der Waals surface area contributed by atoms with Crippen LogP contribution in [-0.2, 0) is 0 Å². The molecular formula is C9H7ClN2S2. The molecule has 2 nitrogen and oxygen atoms in total. The minimum absolute atomic E-state index is 0.489. The molecule has 1 aromatic heterocycles. The van der Waals surface area contributed by atoms with Gasteiger partial charge in [0.25, 0.3) is 0 Å². The number of hydrogen-bond acceptors (Lipinski definition) is 4. The zero-order chi connectivity index (χ0) is 9.97. The SMILES string of the molecule is Cc1ccccc1Sc1nsnc1Cl. The van der Waals surface area contributed by atoms with Crippen LogP contribution < -0.4 is 0 Å². The van der Waals surface area contributed by atoms with Crippen LogP contribution in [0, 0.1) is 6.92 Å². The van der Waals surface area contributed by atoms with Crippen molar-refractivity contribution in [3.05, 3.63) is 35.0 Å². The summed E-state index contributed by atoms with van der Waals surface area (Å²) >= 11 is 8.55. The van der Waals surface area contributed by atoms with E-state index in [1.54, 1.807) is 11.8 Å². The van der Waals surface area contributed by atoms with Crippen LogP contribution in [0.4, 0.5) is 0 Å². The first kappa shape index (κ1) is 9.96. The van der Waals surface area contributed by atoms with Crippen LogP contribution in [0.25, 0.3) is 0 Å². The maximum Gasteiger partial charge on any atom is 0.177 e. The summed E-state index contributed by atoms with van der Waals surface area (Å²) < 4.78 is 8.03. The summed E-state index contributed by atoms with van der Waals surface area (Å²) in [6.45, 7) is 2.07. The first-order chi connectivity index (χ1) is 6.77. The summed E-state index contributed by atoms with van der Waals surface area (Å²) in [5.41, 5.74) is 1.22. The van der Waals surface area contributed by atoms with Crippen molar-refractivity contribution in [3.63, 3.8) is 0 Å². The van der Waals surface area contributed by atoms with Gasteiger partial charge in [0.2, 0.25) is 0 Å². The molecule has 0 spiro atoms. The molecule has 0 unspecified atom stereocenters. The molecule has 0 radical (unpaired) electrons. The molecule has 0 atom stereocenters. The van der Waals surface area contributed by atoms with Gasteiger partial charge in [-0.15, -0.1) is 0 Å². The number of aromatic nitrogens is 2. The third kappa shape index (κ3) is 2.08. The first-order valence-corrected chi connectivity index (χ1v) is 5.91. The average Bonchev–Trinajstić information content (AvgIpc) is 2.56. The number of rotatable bonds is 2. The number of halogens is 1. The minimum atomic E-state index is 0.489. The molecule has 0 bridgehead atoms. The lowest BCUT2D eigenvalue weighted by molar-refractivity contribution is 1.23. The molecular weight excluding hydrogens is 236 g/mol. The smallest absolute Gasteiger partial charge is 0.164 e. The van der Waals surface area contributed by atoms with Crippen molar-refractivity contribution in [2.45, 2.75) is 16.8 Å². The number of benzene rings is 1. The van der Waals surface area contributed by atoms with Crippen molar-refractivity contribution >= 4 is 35.1 Å². The van der Waals surface area contributed by atoms with Gasteiger partial charge in [0, 0.05) is 4.90 Å². The molecule has 0 N–H and O–H groups in total. The number of nitrogens with zero attached hydrogens (tertiary/aromatic N) is 2. The van der Waals surface area contributed by atoms with E-state index in [0.717, 1.165) is 16.8 Å². The van der Waals surface area contributed by atoms with Crippen LogP contribution in [0.3, 0.4) is 0 Å². The highest BCUT2D eigenvalue weighted by Gasteiger charge is 2.08. The molecule has 0 aliphatic carbocycles. The Morgan fingerprint density at radius 3 is 2.71 bits per heavy atom. The third-order valence-corrected chi connectivity index (χ3v) is 4.00. The molecule has 2 aromatic rings. The molecule has 1 aromatic carbocycles. The van der Waals surface area contributed by atoms with Gasteiger partial charge in [0.15, 0.2) is 10.2 Å². The zero-order valence-corrected chi connectivity index (χ0v) is 9.79. The second-order valence-electron chi connectivity index (χ2n) is 2.73. The predicted octanol–water partition coefficient (Wildman–Crippen LogP) is 3.65. The fraction of sp³-hybridized carbons (Fsp3) is 0.111. The lowest BCUT2D eigenvalue weighted by Crippen LogP contribution is -1.78. The fourth-order valence-corrected chi connectivity index (χ4v) is 2.69. The van der Waals surface area contributed by atoms with Crippen molar-refractivity contribution in [2.75, 3.05) is 0 Å². The van der Waals surface area contributed by atoms with Crippen LogP contribution in [0.15, 0.2) is 34.2 Å². The van der Waals surface area contributed by atoms with Gasteiger partial charge in [-0.25, -0.2) is 0 Å². The van der Waals surface area contributed by atoms with Gasteiger partial charge in [-0.3, -0.25) is 0 Å². The molecule has 0 aliphatic heterocycles. The Morgan fingerprint density at radius 1 is 1.29 bits per heavy atom.